The third-order valence-corrected chi connectivity index (χ3v) is 4.00. The van der Waals surface area contributed by atoms with Gasteiger partial charge in [0.05, 0.1) is 11.9 Å². The Morgan fingerprint density at radius 3 is 2.85 bits per heavy atom. The zero-order valence-corrected chi connectivity index (χ0v) is 12.2. The molecule has 0 saturated heterocycles. The fourth-order valence-corrected chi connectivity index (χ4v) is 2.69. The van der Waals surface area contributed by atoms with Crippen molar-refractivity contribution in [1.82, 2.24) is 15.3 Å². The SMILES string of the molecule is CC(C)NCc1cc(S(=O)(=O)Nc2cccnc2)c[nH]1. The summed E-state index contributed by atoms with van der Waals surface area (Å²) in [5.74, 6) is 0. The Kier molecular flexibility index (Phi) is 4.41. The fourth-order valence-electron chi connectivity index (χ4n) is 1.63. The summed E-state index contributed by atoms with van der Waals surface area (Å²) >= 11 is 0. The van der Waals surface area contributed by atoms with Crippen molar-refractivity contribution < 1.29 is 8.42 Å². The van der Waals surface area contributed by atoms with Crippen LogP contribution in [0.15, 0.2) is 41.7 Å². The van der Waals surface area contributed by atoms with E-state index in [0.717, 1.165) is 5.69 Å². The molecule has 0 aromatic carbocycles. The van der Waals surface area contributed by atoms with Crippen molar-refractivity contribution in [3.8, 4) is 0 Å². The number of pyridine rings is 1. The number of sulfonamides is 1. The van der Waals surface area contributed by atoms with Crippen molar-refractivity contribution in [3.05, 3.63) is 42.5 Å². The molecule has 0 saturated carbocycles. The number of aromatic nitrogens is 2. The van der Waals surface area contributed by atoms with E-state index in [0.29, 0.717) is 18.3 Å². The zero-order valence-electron chi connectivity index (χ0n) is 11.4. The van der Waals surface area contributed by atoms with E-state index in [4.69, 9.17) is 0 Å². The van der Waals surface area contributed by atoms with Gasteiger partial charge in [-0.05, 0) is 18.2 Å². The van der Waals surface area contributed by atoms with Crippen molar-refractivity contribution in [2.45, 2.75) is 31.3 Å². The van der Waals surface area contributed by atoms with Crippen molar-refractivity contribution in [3.63, 3.8) is 0 Å². The van der Waals surface area contributed by atoms with Crippen LogP contribution in [0.1, 0.15) is 19.5 Å². The Hall–Kier alpha value is -1.86. The number of nitrogens with zero attached hydrogens (tertiary/aromatic N) is 1. The van der Waals surface area contributed by atoms with Crippen LogP contribution >= 0.6 is 0 Å². The number of aromatic amines is 1. The molecule has 2 rings (SSSR count). The van der Waals surface area contributed by atoms with Gasteiger partial charge in [-0.15, -0.1) is 0 Å². The van der Waals surface area contributed by atoms with Crippen LogP contribution in [-0.2, 0) is 16.6 Å². The van der Waals surface area contributed by atoms with Gasteiger partial charge in [0, 0.05) is 30.7 Å². The van der Waals surface area contributed by atoms with E-state index in [9.17, 15) is 8.42 Å². The largest absolute Gasteiger partial charge is 0.363 e. The van der Waals surface area contributed by atoms with E-state index >= 15 is 0 Å². The summed E-state index contributed by atoms with van der Waals surface area (Å²) in [6.45, 7) is 4.66. The maximum atomic E-state index is 12.2. The number of hydrogen-bond donors (Lipinski definition) is 3. The highest BCUT2D eigenvalue weighted by molar-refractivity contribution is 7.92. The number of anilines is 1. The Bertz CT molecular complexity index is 650. The molecule has 0 bridgehead atoms. The number of hydrogen-bond acceptors (Lipinski definition) is 4. The van der Waals surface area contributed by atoms with Crippen LogP contribution in [0, 0.1) is 0 Å². The minimum Gasteiger partial charge on any atom is -0.363 e. The van der Waals surface area contributed by atoms with E-state index in [1.54, 1.807) is 24.4 Å². The second kappa shape index (κ2) is 6.06. The molecule has 0 radical (unpaired) electrons. The summed E-state index contributed by atoms with van der Waals surface area (Å²) in [5.41, 5.74) is 1.26. The van der Waals surface area contributed by atoms with Gasteiger partial charge in [-0.1, -0.05) is 13.8 Å². The van der Waals surface area contributed by atoms with Gasteiger partial charge < -0.3 is 10.3 Å². The molecular formula is C13H18N4O2S. The highest BCUT2D eigenvalue weighted by Crippen LogP contribution is 2.15. The molecule has 0 aliphatic heterocycles. The van der Waals surface area contributed by atoms with Crippen LogP contribution < -0.4 is 10.0 Å². The van der Waals surface area contributed by atoms with E-state index in [2.05, 4.69) is 20.0 Å². The van der Waals surface area contributed by atoms with Crippen LogP contribution in [0.3, 0.4) is 0 Å². The molecule has 0 aliphatic carbocycles. The van der Waals surface area contributed by atoms with Gasteiger partial charge in [-0.2, -0.15) is 0 Å². The van der Waals surface area contributed by atoms with Crippen LogP contribution in [0.4, 0.5) is 5.69 Å². The minimum absolute atomic E-state index is 0.210. The molecule has 6 nitrogen and oxygen atoms in total. The molecule has 0 spiro atoms. The second-order valence-corrected chi connectivity index (χ2v) is 6.43. The fraction of sp³-hybridized carbons (Fsp3) is 0.308. The molecule has 108 valence electrons. The smallest absolute Gasteiger partial charge is 0.263 e. The first-order chi connectivity index (χ1) is 9.47. The van der Waals surface area contributed by atoms with Gasteiger partial charge >= 0.3 is 0 Å². The normalized spacial score (nSPS) is 11.8. The molecule has 0 fully saturated rings. The average Bonchev–Trinajstić information content (AvgIpc) is 2.86. The maximum absolute atomic E-state index is 12.2. The van der Waals surface area contributed by atoms with Crippen LogP contribution in [0.25, 0.3) is 0 Å². The number of rotatable bonds is 6. The Morgan fingerprint density at radius 2 is 2.20 bits per heavy atom. The molecule has 3 N–H and O–H groups in total. The van der Waals surface area contributed by atoms with Gasteiger partial charge in [0.1, 0.15) is 4.90 Å². The first-order valence-corrected chi connectivity index (χ1v) is 7.79. The molecule has 2 aromatic heterocycles. The molecule has 7 heteroatoms. The van der Waals surface area contributed by atoms with E-state index in [1.807, 2.05) is 13.8 Å². The summed E-state index contributed by atoms with van der Waals surface area (Å²) in [5, 5.41) is 3.22. The predicted molar refractivity (Wildman–Crippen MR) is 77.8 cm³/mol. The Labute approximate surface area is 118 Å². The van der Waals surface area contributed by atoms with Crippen molar-refractivity contribution in [2.75, 3.05) is 4.72 Å². The summed E-state index contributed by atoms with van der Waals surface area (Å²) in [6, 6.07) is 5.28. The van der Waals surface area contributed by atoms with Gasteiger partial charge in [0.25, 0.3) is 10.0 Å². The highest BCUT2D eigenvalue weighted by atomic mass is 32.2. The standard InChI is InChI=1S/C13H18N4O2S/c1-10(2)15-8-12-6-13(9-16-12)20(18,19)17-11-4-3-5-14-7-11/h3-7,9-10,15-17H,8H2,1-2H3. The van der Waals surface area contributed by atoms with Crippen LogP contribution in [-0.4, -0.2) is 24.4 Å². The summed E-state index contributed by atoms with van der Waals surface area (Å²) in [4.78, 5) is 7.04. The second-order valence-electron chi connectivity index (χ2n) is 4.74. The van der Waals surface area contributed by atoms with Gasteiger partial charge in [0.2, 0.25) is 0 Å². The number of H-pyrrole nitrogens is 1. The molecule has 0 unspecified atom stereocenters. The highest BCUT2D eigenvalue weighted by Gasteiger charge is 2.16. The van der Waals surface area contributed by atoms with Gasteiger partial charge in [-0.25, -0.2) is 8.42 Å². The zero-order chi connectivity index (χ0) is 14.6. The lowest BCUT2D eigenvalue weighted by Crippen LogP contribution is -2.21. The van der Waals surface area contributed by atoms with Crippen molar-refractivity contribution in [1.29, 1.82) is 0 Å². The maximum Gasteiger partial charge on any atom is 0.263 e. The monoisotopic (exact) mass is 294 g/mol. The quantitative estimate of drug-likeness (QED) is 0.757. The first-order valence-electron chi connectivity index (χ1n) is 6.31. The van der Waals surface area contributed by atoms with E-state index < -0.39 is 10.0 Å². The topological polar surface area (TPSA) is 86.9 Å². The number of nitrogens with one attached hydrogen (secondary N) is 3. The van der Waals surface area contributed by atoms with Crippen LogP contribution in [0.5, 0.6) is 0 Å². The summed E-state index contributed by atoms with van der Waals surface area (Å²) in [7, 11) is -3.58. The van der Waals surface area contributed by atoms with E-state index in [-0.39, 0.29) is 4.90 Å². The average molecular weight is 294 g/mol. The first kappa shape index (κ1) is 14.5. The van der Waals surface area contributed by atoms with Crippen molar-refractivity contribution in [2.24, 2.45) is 0 Å². The van der Waals surface area contributed by atoms with Crippen LogP contribution in [0.2, 0.25) is 0 Å². The predicted octanol–water partition coefficient (Wildman–Crippen LogP) is 1.71. The molecular weight excluding hydrogens is 276 g/mol. The van der Waals surface area contributed by atoms with E-state index in [1.165, 1.54) is 12.4 Å². The van der Waals surface area contributed by atoms with Gasteiger partial charge in [-0.3, -0.25) is 9.71 Å². The van der Waals surface area contributed by atoms with Gasteiger partial charge in [0.15, 0.2) is 0 Å². The summed E-state index contributed by atoms with van der Waals surface area (Å²) in [6.07, 6.45) is 4.53. The molecule has 0 aliphatic rings. The molecule has 0 amide bonds. The minimum atomic E-state index is -3.58. The third-order valence-electron chi connectivity index (χ3n) is 2.64. The molecule has 2 aromatic rings. The third kappa shape index (κ3) is 3.82. The molecule has 0 atom stereocenters. The Morgan fingerprint density at radius 1 is 1.40 bits per heavy atom. The lowest BCUT2D eigenvalue weighted by molar-refractivity contribution is 0.582. The molecule has 20 heavy (non-hydrogen) atoms. The molecule has 2 heterocycles. The lowest BCUT2D eigenvalue weighted by atomic mass is 10.3. The summed E-state index contributed by atoms with van der Waals surface area (Å²) < 4.78 is 26.8. The Balaban J connectivity index is 2.10. The van der Waals surface area contributed by atoms with Crippen molar-refractivity contribution >= 4 is 15.7 Å². The lowest BCUT2D eigenvalue weighted by Gasteiger charge is -2.06.